The van der Waals surface area contributed by atoms with Gasteiger partial charge in [0.25, 0.3) is 0 Å². The Balaban J connectivity index is 1.49. The second-order valence-electron chi connectivity index (χ2n) is 6.36. The van der Waals surface area contributed by atoms with Crippen molar-refractivity contribution in [3.63, 3.8) is 0 Å². The number of carbonyl (C=O) groups is 1. The molecule has 25 heavy (non-hydrogen) atoms. The van der Waals surface area contributed by atoms with Crippen molar-refractivity contribution in [3.05, 3.63) is 42.7 Å². The average molecular weight is 370 g/mol. The van der Waals surface area contributed by atoms with Crippen molar-refractivity contribution in [2.75, 3.05) is 5.75 Å². The van der Waals surface area contributed by atoms with E-state index in [0.29, 0.717) is 11.7 Å². The Morgan fingerprint density at radius 2 is 2.12 bits per heavy atom. The molecule has 1 amide bonds. The number of rotatable bonds is 6. The smallest absolute Gasteiger partial charge is 0.230 e. The molecule has 1 atom stereocenters. The summed E-state index contributed by atoms with van der Waals surface area (Å²) in [5.74, 6) is 1.14. The predicted octanol–water partition coefficient (Wildman–Crippen LogP) is 4.37. The van der Waals surface area contributed by atoms with Gasteiger partial charge >= 0.3 is 0 Å². The van der Waals surface area contributed by atoms with E-state index in [9.17, 15) is 4.79 Å². The summed E-state index contributed by atoms with van der Waals surface area (Å²) in [7, 11) is 0. The molecule has 0 saturated heterocycles. The zero-order valence-corrected chi connectivity index (χ0v) is 15.6. The maximum atomic E-state index is 12.1. The summed E-state index contributed by atoms with van der Waals surface area (Å²) in [6, 6.07) is 12.7. The third-order valence-corrected chi connectivity index (χ3v) is 6.51. The lowest BCUT2D eigenvalue weighted by atomic mass is 10.2. The number of nitrogens with one attached hydrogen (secondary N) is 1. The van der Waals surface area contributed by atoms with E-state index in [2.05, 4.69) is 40.4 Å². The zero-order chi connectivity index (χ0) is 17.2. The molecule has 128 valence electrons. The monoisotopic (exact) mass is 369 g/mol. The summed E-state index contributed by atoms with van der Waals surface area (Å²) in [6.45, 7) is 2.09. The van der Waals surface area contributed by atoms with Crippen LogP contribution >= 0.6 is 23.1 Å². The van der Waals surface area contributed by atoms with Crippen LogP contribution in [-0.2, 0) is 4.79 Å². The molecule has 1 aromatic carbocycles. The molecule has 2 heterocycles. The number of thioether (sulfide) groups is 1. The van der Waals surface area contributed by atoms with Gasteiger partial charge in [-0.25, -0.2) is 9.97 Å². The molecule has 1 fully saturated rings. The highest BCUT2D eigenvalue weighted by Crippen LogP contribution is 2.36. The molecule has 1 N–H and O–H groups in total. The van der Waals surface area contributed by atoms with Gasteiger partial charge in [0.15, 0.2) is 0 Å². The van der Waals surface area contributed by atoms with Crippen LogP contribution in [0.15, 0.2) is 47.8 Å². The van der Waals surface area contributed by atoms with Crippen molar-refractivity contribution >= 4 is 39.2 Å². The fourth-order valence-electron chi connectivity index (χ4n) is 2.84. The molecule has 4 nitrogen and oxygen atoms in total. The van der Waals surface area contributed by atoms with Crippen LogP contribution in [0.5, 0.6) is 0 Å². The first-order valence-electron chi connectivity index (χ1n) is 8.43. The molecule has 1 unspecified atom stereocenters. The first kappa shape index (κ1) is 16.5. The van der Waals surface area contributed by atoms with Crippen molar-refractivity contribution in [2.45, 2.75) is 30.8 Å². The third kappa shape index (κ3) is 3.85. The Morgan fingerprint density at radius 3 is 2.88 bits per heavy atom. The van der Waals surface area contributed by atoms with Gasteiger partial charge in [-0.1, -0.05) is 42.1 Å². The normalized spacial score (nSPS) is 15.2. The number of benzene rings is 1. The maximum absolute atomic E-state index is 12.1. The highest BCUT2D eigenvalue weighted by atomic mass is 32.2. The van der Waals surface area contributed by atoms with E-state index in [1.807, 2.05) is 18.2 Å². The van der Waals surface area contributed by atoms with Gasteiger partial charge in [-0.15, -0.1) is 11.3 Å². The van der Waals surface area contributed by atoms with Gasteiger partial charge in [0.2, 0.25) is 5.91 Å². The molecule has 1 aliphatic carbocycles. The minimum Gasteiger partial charge on any atom is -0.353 e. The fourth-order valence-corrected chi connectivity index (χ4v) is 4.69. The molecule has 2 aromatic heterocycles. The Labute approximate surface area is 155 Å². The van der Waals surface area contributed by atoms with Crippen molar-refractivity contribution in [1.29, 1.82) is 0 Å². The first-order chi connectivity index (χ1) is 12.2. The number of amides is 1. The Hall–Kier alpha value is -1.92. The Bertz CT molecular complexity index is 890. The number of hydrogen-bond donors (Lipinski definition) is 1. The van der Waals surface area contributed by atoms with Gasteiger partial charge in [-0.05, 0) is 37.3 Å². The molecule has 0 radical (unpaired) electrons. The zero-order valence-electron chi connectivity index (χ0n) is 13.9. The quantitative estimate of drug-likeness (QED) is 0.518. The molecule has 4 rings (SSSR count). The van der Waals surface area contributed by atoms with Crippen LogP contribution in [0.3, 0.4) is 0 Å². The standard InChI is InChI=1S/C19H19N3OS2/c1-12(13-7-8-13)22-17(23)10-24-18-15-9-16(14-5-3-2-4-6-14)25-19(15)21-11-20-18/h2-6,9,11-13H,7-8,10H2,1H3,(H,22,23). The van der Waals surface area contributed by atoms with Crippen molar-refractivity contribution < 1.29 is 4.79 Å². The number of thiophene rings is 1. The minimum atomic E-state index is 0.0784. The van der Waals surface area contributed by atoms with E-state index in [0.717, 1.165) is 15.2 Å². The van der Waals surface area contributed by atoms with E-state index >= 15 is 0 Å². The second kappa shape index (κ2) is 7.14. The number of nitrogens with zero attached hydrogens (tertiary/aromatic N) is 2. The van der Waals surface area contributed by atoms with Crippen LogP contribution in [-0.4, -0.2) is 27.7 Å². The summed E-state index contributed by atoms with van der Waals surface area (Å²) in [5, 5.41) is 4.99. The van der Waals surface area contributed by atoms with Crippen LogP contribution in [0.2, 0.25) is 0 Å². The van der Waals surface area contributed by atoms with Gasteiger partial charge in [0.05, 0.1) is 5.75 Å². The summed E-state index contributed by atoms with van der Waals surface area (Å²) in [4.78, 5) is 23.1. The predicted molar refractivity (Wildman–Crippen MR) is 104 cm³/mol. The van der Waals surface area contributed by atoms with Gasteiger partial charge < -0.3 is 5.32 Å². The SMILES string of the molecule is CC(NC(=O)CSc1ncnc2sc(-c3ccccc3)cc12)C1CC1. The van der Waals surface area contributed by atoms with Crippen LogP contribution in [0.4, 0.5) is 0 Å². The van der Waals surface area contributed by atoms with Crippen LogP contribution < -0.4 is 5.32 Å². The average Bonchev–Trinajstić information content (AvgIpc) is 3.39. The fraction of sp³-hybridized carbons (Fsp3) is 0.316. The number of hydrogen-bond acceptors (Lipinski definition) is 5. The van der Waals surface area contributed by atoms with Crippen molar-refractivity contribution in [3.8, 4) is 10.4 Å². The second-order valence-corrected chi connectivity index (χ2v) is 8.35. The molecule has 1 aliphatic rings. The minimum absolute atomic E-state index is 0.0784. The lowest BCUT2D eigenvalue weighted by Crippen LogP contribution is -2.35. The van der Waals surface area contributed by atoms with Gasteiger partial charge in [0.1, 0.15) is 16.2 Å². The lowest BCUT2D eigenvalue weighted by molar-refractivity contribution is -0.119. The number of aromatic nitrogens is 2. The van der Waals surface area contributed by atoms with Crippen LogP contribution in [0, 0.1) is 5.92 Å². The highest BCUT2D eigenvalue weighted by Gasteiger charge is 2.28. The lowest BCUT2D eigenvalue weighted by Gasteiger charge is -2.12. The van der Waals surface area contributed by atoms with Crippen molar-refractivity contribution in [1.82, 2.24) is 15.3 Å². The molecular weight excluding hydrogens is 350 g/mol. The van der Waals surface area contributed by atoms with Gasteiger partial charge in [-0.3, -0.25) is 4.79 Å². The first-order valence-corrected chi connectivity index (χ1v) is 10.2. The molecule has 1 saturated carbocycles. The third-order valence-electron chi connectivity index (χ3n) is 4.41. The molecular formula is C19H19N3OS2. The summed E-state index contributed by atoms with van der Waals surface area (Å²) < 4.78 is 0. The Morgan fingerprint density at radius 1 is 1.32 bits per heavy atom. The molecule has 0 aliphatic heterocycles. The molecule has 6 heteroatoms. The van der Waals surface area contributed by atoms with Crippen LogP contribution in [0.1, 0.15) is 19.8 Å². The number of carbonyl (C=O) groups excluding carboxylic acids is 1. The maximum Gasteiger partial charge on any atom is 0.230 e. The van der Waals surface area contributed by atoms with E-state index < -0.39 is 0 Å². The van der Waals surface area contributed by atoms with Gasteiger partial charge in [0, 0.05) is 16.3 Å². The van der Waals surface area contributed by atoms with E-state index in [4.69, 9.17) is 0 Å². The van der Waals surface area contributed by atoms with Crippen molar-refractivity contribution in [2.24, 2.45) is 5.92 Å². The van der Waals surface area contributed by atoms with E-state index in [1.165, 1.54) is 35.0 Å². The van der Waals surface area contributed by atoms with E-state index in [-0.39, 0.29) is 11.9 Å². The molecule has 0 bridgehead atoms. The summed E-state index contributed by atoms with van der Waals surface area (Å²) in [6.07, 6.45) is 4.05. The number of fused-ring (bicyclic) bond motifs is 1. The Kier molecular flexibility index (Phi) is 4.72. The molecule has 3 aromatic rings. The summed E-state index contributed by atoms with van der Waals surface area (Å²) >= 11 is 3.14. The van der Waals surface area contributed by atoms with Crippen LogP contribution in [0.25, 0.3) is 20.7 Å². The summed E-state index contributed by atoms with van der Waals surface area (Å²) in [5.41, 5.74) is 1.18. The highest BCUT2D eigenvalue weighted by molar-refractivity contribution is 8.00. The largest absolute Gasteiger partial charge is 0.353 e. The molecule has 0 spiro atoms. The van der Waals surface area contributed by atoms with E-state index in [1.54, 1.807) is 17.7 Å². The van der Waals surface area contributed by atoms with Gasteiger partial charge in [-0.2, -0.15) is 0 Å². The topological polar surface area (TPSA) is 54.9 Å².